The van der Waals surface area contributed by atoms with E-state index in [1.807, 2.05) is 36.4 Å². The van der Waals surface area contributed by atoms with Crippen molar-refractivity contribution in [2.75, 3.05) is 24.0 Å². The van der Waals surface area contributed by atoms with Crippen LogP contribution in [0.2, 0.25) is 0 Å². The van der Waals surface area contributed by atoms with E-state index in [1.54, 1.807) is 36.4 Å². The van der Waals surface area contributed by atoms with Crippen molar-refractivity contribution >= 4 is 21.6 Å². The summed E-state index contributed by atoms with van der Waals surface area (Å²) in [6, 6.07) is 21.6. The van der Waals surface area contributed by atoms with Crippen LogP contribution in [0, 0.1) is 0 Å². The van der Waals surface area contributed by atoms with Gasteiger partial charge in [0, 0.05) is 0 Å². The molecule has 0 fully saturated rings. The number of fused-ring (bicyclic) bond motifs is 1. The monoisotopic (exact) mass is 536 g/mol. The second-order valence-corrected chi connectivity index (χ2v) is 12.6. The van der Waals surface area contributed by atoms with Crippen molar-refractivity contribution in [1.29, 1.82) is 0 Å². The van der Waals surface area contributed by atoms with Crippen LogP contribution in [0.1, 0.15) is 51.7 Å². The smallest absolute Gasteiger partial charge is 0.264 e. The van der Waals surface area contributed by atoms with Gasteiger partial charge in [0.05, 0.1) is 23.7 Å². The third kappa shape index (κ3) is 5.96. The number of hydrogen-bond donors (Lipinski definition) is 1. The predicted octanol–water partition coefficient (Wildman–Crippen LogP) is 5.26. The zero-order valence-electron chi connectivity index (χ0n) is 22.6. The van der Waals surface area contributed by atoms with Crippen molar-refractivity contribution in [2.24, 2.45) is 0 Å². The molecule has 0 spiro atoms. The average molecular weight is 537 g/mol. The van der Waals surface area contributed by atoms with Crippen LogP contribution < -0.4 is 19.1 Å². The van der Waals surface area contributed by atoms with E-state index in [1.165, 1.54) is 4.31 Å². The molecule has 1 heterocycles. The molecule has 3 aromatic rings. The summed E-state index contributed by atoms with van der Waals surface area (Å²) in [4.78, 5) is 13.3. The van der Waals surface area contributed by atoms with Gasteiger partial charge in [0.15, 0.2) is 6.10 Å². The molecule has 202 valence electrons. The van der Waals surface area contributed by atoms with E-state index < -0.39 is 22.0 Å². The molecule has 1 aliphatic rings. The van der Waals surface area contributed by atoms with Crippen LogP contribution in [0.25, 0.3) is 0 Å². The maximum absolute atomic E-state index is 13.7. The molecule has 0 saturated carbocycles. The van der Waals surface area contributed by atoms with Crippen LogP contribution in [0.3, 0.4) is 0 Å². The number of anilines is 1. The third-order valence-corrected chi connectivity index (χ3v) is 8.31. The number of ether oxygens (including phenoxy) is 2. The van der Waals surface area contributed by atoms with Gasteiger partial charge in [-0.3, -0.25) is 9.10 Å². The number of benzene rings is 3. The number of rotatable bonds is 8. The molecule has 8 heteroatoms. The van der Waals surface area contributed by atoms with Crippen LogP contribution in [0.15, 0.2) is 77.7 Å². The number of sulfonamides is 1. The van der Waals surface area contributed by atoms with Crippen molar-refractivity contribution in [2.45, 2.75) is 57.0 Å². The fraction of sp³-hybridized carbons (Fsp3) is 0.367. The molecule has 0 aromatic heterocycles. The Morgan fingerprint density at radius 2 is 1.74 bits per heavy atom. The van der Waals surface area contributed by atoms with E-state index in [-0.39, 0.29) is 30.0 Å². The minimum Gasteiger partial charge on any atom is -0.491 e. The first kappa shape index (κ1) is 27.5. The molecule has 1 N–H and O–H groups in total. The first-order valence-corrected chi connectivity index (χ1v) is 14.3. The van der Waals surface area contributed by atoms with Crippen molar-refractivity contribution in [3.05, 3.63) is 83.9 Å². The van der Waals surface area contributed by atoms with Crippen LogP contribution in [-0.2, 0) is 20.2 Å². The molecule has 3 aromatic carbocycles. The van der Waals surface area contributed by atoms with Gasteiger partial charge in [0.1, 0.15) is 18.1 Å². The Labute approximate surface area is 225 Å². The predicted molar refractivity (Wildman–Crippen MR) is 150 cm³/mol. The molecule has 1 aliphatic heterocycles. The van der Waals surface area contributed by atoms with Gasteiger partial charge in [-0.1, -0.05) is 77.1 Å². The number of carbonyl (C=O) groups is 1. The minimum atomic E-state index is -3.93. The Balaban J connectivity index is 1.53. The van der Waals surface area contributed by atoms with Crippen LogP contribution in [0.4, 0.5) is 5.69 Å². The normalized spacial score (nSPS) is 15.5. The Morgan fingerprint density at radius 3 is 2.42 bits per heavy atom. The number of para-hydroxylation sites is 1. The topological polar surface area (TPSA) is 84.9 Å². The average Bonchev–Trinajstić information content (AvgIpc) is 2.90. The van der Waals surface area contributed by atoms with Gasteiger partial charge in [0.2, 0.25) is 0 Å². The van der Waals surface area contributed by atoms with Gasteiger partial charge in [-0.05, 0) is 52.8 Å². The summed E-state index contributed by atoms with van der Waals surface area (Å²) >= 11 is 0. The minimum absolute atomic E-state index is 0.138. The Kier molecular flexibility index (Phi) is 8.02. The lowest BCUT2D eigenvalue weighted by molar-refractivity contribution is -0.127. The fourth-order valence-corrected chi connectivity index (χ4v) is 5.83. The maximum atomic E-state index is 13.7. The van der Waals surface area contributed by atoms with E-state index in [4.69, 9.17) is 9.47 Å². The molecule has 1 atom stereocenters. The third-order valence-electron chi connectivity index (χ3n) is 6.52. The number of carbonyl (C=O) groups excluding carboxylic acids is 1. The van der Waals surface area contributed by atoms with Crippen molar-refractivity contribution in [3.63, 3.8) is 0 Å². The molecule has 0 aliphatic carbocycles. The zero-order valence-corrected chi connectivity index (χ0v) is 23.4. The molecule has 0 unspecified atom stereocenters. The quantitative estimate of drug-likeness (QED) is 0.397. The highest BCUT2D eigenvalue weighted by Gasteiger charge is 2.38. The van der Waals surface area contributed by atoms with E-state index in [0.717, 1.165) is 16.9 Å². The van der Waals surface area contributed by atoms with E-state index in [0.29, 0.717) is 17.4 Å². The van der Waals surface area contributed by atoms with Gasteiger partial charge >= 0.3 is 0 Å². The summed E-state index contributed by atoms with van der Waals surface area (Å²) in [5, 5.41) is 2.84. The van der Waals surface area contributed by atoms with Gasteiger partial charge in [-0.15, -0.1) is 0 Å². The molecule has 7 nitrogen and oxygen atoms in total. The van der Waals surface area contributed by atoms with Gasteiger partial charge in [-0.25, -0.2) is 8.42 Å². The second kappa shape index (κ2) is 11.1. The Hall–Kier alpha value is -3.52. The highest BCUT2D eigenvalue weighted by Crippen LogP contribution is 2.40. The summed E-state index contributed by atoms with van der Waals surface area (Å²) in [7, 11) is -3.93. The number of nitrogens with one attached hydrogen (secondary N) is 1. The molecule has 38 heavy (non-hydrogen) atoms. The maximum Gasteiger partial charge on any atom is 0.264 e. The van der Waals surface area contributed by atoms with Gasteiger partial charge in [-0.2, -0.15) is 0 Å². The van der Waals surface area contributed by atoms with E-state index in [9.17, 15) is 13.2 Å². The van der Waals surface area contributed by atoms with Crippen LogP contribution in [0.5, 0.6) is 11.5 Å². The fourth-order valence-electron chi connectivity index (χ4n) is 4.34. The largest absolute Gasteiger partial charge is 0.491 e. The molecular formula is C30H36N2O5S. The summed E-state index contributed by atoms with van der Waals surface area (Å²) < 4.78 is 40.6. The lowest BCUT2D eigenvalue weighted by atomic mass is 9.86. The summed E-state index contributed by atoms with van der Waals surface area (Å²) in [5.41, 5.74) is 2.30. The first-order chi connectivity index (χ1) is 18.0. The SMILES string of the molecule is CC(C)c1ccccc1OCCNC(=O)[C@@H]1CN(S(=O)(=O)c2ccccc2)c2cc(C(C)(C)C)ccc2O1. The highest BCUT2D eigenvalue weighted by atomic mass is 32.2. The zero-order chi connectivity index (χ0) is 27.5. The highest BCUT2D eigenvalue weighted by molar-refractivity contribution is 7.92. The molecule has 0 saturated heterocycles. The summed E-state index contributed by atoms with van der Waals surface area (Å²) in [5.74, 6) is 1.05. The van der Waals surface area contributed by atoms with Gasteiger partial charge in [0.25, 0.3) is 15.9 Å². The molecule has 4 rings (SSSR count). The number of hydrogen-bond acceptors (Lipinski definition) is 5. The second-order valence-electron chi connectivity index (χ2n) is 10.7. The van der Waals surface area contributed by atoms with Crippen molar-refractivity contribution in [1.82, 2.24) is 5.32 Å². The van der Waals surface area contributed by atoms with Crippen molar-refractivity contribution in [3.8, 4) is 11.5 Å². The summed E-state index contributed by atoms with van der Waals surface area (Å²) in [6.45, 7) is 10.8. The van der Waals surface area contributed by atoms with Crippen molar-refractivity contribution < 1.29 is 22.7 Å². The Morgan fingerprint density at radius 1 is 1.05 bits per heavy atom. The number of amides is 1. The first-order valence-electron chi connectivity index (χ1n) is 12.9. The van der Waals surface area contributed by atoms with Crippen LogP contribution >= 0.6 is 0 Å². The van der Waals surface area contributed by atoms with E-state index in [2.05, 4.69) is 39.9 Å². The van der Waals surface area contributed by atoms with Crippen LogP contribution in [-0.4, -0.2) is 40.1 Å². The number of nitrogens with zero attached hydrogens (tertiary/aromatic N) is 1. The molecular weight excluding hydrogens is 500 g/mol. The molecule has 1 amide bonds. The lowest BCUT2D eigenvalue weighted by Gasteiger charge is -2.36. The lowest BCUT2D eigenvalue weighted by Crippen LogP contribution is -2.51. The van der Waals surface area contributed by atoms with Gasteiger partial charge < -0.3 is 14.8 Å². The standard InChI is InChI=1S/C30H36N2O5S/c1-21(2)24-13-9-10-14-26(24)36-18-17-31-29(33)28-20-32(38(34,35)23-11-7-6-8-12-23)25-19-22(30(3,4)5)15-16-27(25)37-28/h6-16,19,21,28H,17-18,20H2,1-5H3,(H,31,33)/t28-/m0/s1. The Bertz CT molecular complexity index is 1380. The molecule has 0 radical (unpaired) electrons. The summed E-state index contributed by atoms with van der Waals surface area (Å²) in [6.07, 6.45) is -1.01. The van der Waals surface area contributed by atoms with E-state index >= 15 is 0 Å². The molecule has 0 bridgehead atoms.